The molecule has 0 aromatic heterocycles. The minimum absolute atomic E-state index is 0.0589. The van der Waals surface area contributed by atoms with E-state index >= 15 is 0 Å². The lowest BCUT2D eigenvalue weighted by Gasteiger charge is -2.23. The number of benzene rings is 1. The summed E-state index contributed by atoms with van der Waals surface area (Å²) in [5.41, 5.74) is 1.19. The number of amides is 1. The molecule has 6 N–H and O–H groups in total. The van der Waals surface area contributed by atoms with Crippen molar-refractivity contribution in [1.29, 1.82) is 0 Å². The van der Waals surface area contributed by atoms with E-state index in [4.69, 9.17) is 15.2 Å². The van der Waals surface area contributed by atoms with E-state index in [2.05, 4.69) is 10.2 Å². The summed E-state index contributed by atoms with van der Waals surface area (Å²) in [6.07, 6.45) is 8.58. The largest absolute Gasteiger partial charge is 0.464 e. The molecular formula is C29H46N2O9. The van der Waals surface area contributed by atoms with Crippen molar-refractivity contribution in [2.45, 2.75) is 88.9 Å². The van der Waals surface area contributed by atoms with Crippen LogP contribution in [0.5, 0.6) is 0 Å². The van der Waals surface area contributed by atoms with Crippen molar-refractivity contribution >= 4 is 11.9 Å². The number of allylic oxidation sites excluding steroid dienone is 2. The van der Waals surface area contributed by atoms with E-state index in [9.17, 15) is 24.9 Å². The summed E-state index contributed by atoms with van der Waals surface area (Å²) < 4.78 is 4.98. The molecule has 1 amide bonds. The summed E-state index contributed by atoms with van der Waals surface area (Å²) in [7, 11) is 0. The minimum atomic E-state index is -0.573. The number of ether oxygens (including phenoxy) is 1. The second-order valence-electron chi connectivity index (χ2n) is 10.3. The van der Waals surface area contributed by atoms with Crippen LogP contribution >= 0.6 is 0 Å². The zero-order valence-corrected chi connectivity index (χ0v) is 23.1. The van der Waals surface area contributed by atoms with Crippen LogP contribution in [0.15, 0.2) is 42.5 Å². The number of carbonyl (C=O) groups is 2. The van der Waals surface area contributed by atoms with Gasteiger partial charge in [-0.15, -0.1) is 0 Å². The Hall–Kier alpha value is -2.38. The molecule has 40 heavy (non-hydrogen) atoms. The predicted octanol–water partition coefficient (Wildman–Crippen LogP) is 2.69. The van der Waals surface area contributed by atoms with Gasteiger partial charge in [0.05, 0.1) is 36.9 Å². The standard InChI is InChI=1S/C29H46N2O9/c32-23(15-14-22-10-4-3-5-11-22)16-17-25-24(26(33)20-27(25)34)12-6-1-2-7-13-28(35)30-21-29(36)39-18-8-9-19-40-31(37)38/h1,3-6,10-11,23-27,32-34,37-38H,2,7-9,12-21H2,(H,30,35)/b6-1-/t23-,24+,25+,26-,27+/m0/s1. The molecule has 0 spiro atoms. The van der Waals surface area contributed by atoms with Gasteiger partial charge in [-0.05, 0) is 81.6 Å². The first kappa shape index (κ1) is 33.8. The SMILES string of the molecule is O=C(CCC/C=C\C[C@@H]1[C@@H](CC[C@@H](O)CCc2ccccc2)[C@H](O)C[C@@H]1O)NCC(=O)OCCCCON(O)O. The van der Waals surface area contributed by atoms with Gasteiger partial charge in [-0.2, -0.15) is 0 Å². The van der Waals surface area contributed by atoms with E-state index in [1.165, 1.54) is 5.56 Å². The van der Waals surface area contributed by atoms with Crippen molar-refractivity contribution in [3.05, 3.63) is 48.0 Å². The van der Waals surface area contributed by atoms with Crippen molar-refractivity contribution in [1.82, 2.24) is 10.7 Å². The maximum atomic E-state index is 12.0. The van der Waals surface area contributed by atoms with E-state index in [1.54, 1.807) is 0 Å². The number of esters is 1. The van der Waals surface area contributed by atoms with Crippen LogP contribution in [0.1, 0.15) is 69.8 Å². The number of rotatable bonds is 20. The maximum Gasteiger partial charge on any atom is 0.325 e. The second-order valence-corrected chi connectivity index (χ2v) is 10.3. The molecule has 0 saturated heterocycles. The number of unbranched alkanes of at least 4 members (excludes halogenated alkanes) is 2. The summed E-state index contributed by atoms with van der Waals surface area (Å²) >= 11 is 0. The molecule has 0 heterocycles. The topological polar surface area (TPSA) is 169 Å². The molecule has 0 unspecified atom stereocenters. The highest BCUT2D eigenvalue weighted by molar-refractivity contribution is 5.81. The summed E-state index contributed by atoms with van der Waals surface area (Å²) in [6.45, 7) is -0.00217. The van der Waals surface area contributed by atoms with Crippen LogP contribution < -0.4 is 5.32 Å². The Bertz CT molecular complexity index is 868. The van der Waals surface area contributed by atoms with Gasteiger partial charge in [0.1, 0.15) is 6.54 Å². The lowest BCUT2D eigenvalue weighted by Crippen LogP contribution is -2.30. The van der Waals surface area contributed by atoms with Gasteiger partial charge in [-0.1, -0.05) is 42.5 Å². The highest BCUT2D eigenvalue weighted by atomic mass is 17.1. The van der Waals surface area contributed by atoms with Crippen LogP contribution in [0.4, 0.5) is 0 Å². The summed E-state index contributed by atoms with van der Waals surface area (Å²) in [6, 6.07) is 10.0. The van der Waals surface area contributed by atoms with E-state index in [1.807, 2.05) is 42.5 Å². The number of carbonyl (C=O) groups excluding carboxylic acids is 2. The third-order valence-corrected chi connectivity index (χ3v) is 7.25. The molecule has 1 saturated carbocycles. The van der Waals surface area contributed by atoms with Crippen LogP contribution in [-0.4, -0.2) is 81.1 Å². The molecule has 226 valence electrons. The molecule has 11 heteroatoms. The van der Waals surface area contributed by atoms with Gasteiger partial charge in [-0.3, -0.25) is 24.8 Å². The molecule has 0 aliphatic heterocycles. The van der Waals surface area contributed by atoms with Crippen LogP contribution in [0.2, 0.25) is 0 Å². The first-order valence-electron chi connectivity index (χ1n) is 14.2. The average molecular weight is 567 g/mol. The number of nitrogens with one attached hydrogen (secondary N) is 1. The molecule has 1 fully saturated rings. The zero-order valence-electron chi connectivity index (χ0n) is 23.1. The molecule has 1 aliphatic carbocycles. The zero-order chi connectivity index (χ0) is 29.2. The first-order valence-corrected chi connectivity index (χ1v) is 14.2. The molecule has 1 aromatic rings. The number of hydrogen-bond acceptors (Lipinski definition) is 10. The molecule has 5 atom stereocenters. The summed E-state index contributed by atoms with van der Waals surface area (Å²) in [5.74, 6) is -0.912. The molecule has 0 bridgehead atoms. The fourth-order valence-corrected chi connectivity index (χ4v) is 5.01. The van der Waals surface area contributed by atoms with Gasteiger partial charge < -0.3 is 25.4 Å². The third-order valence-electron chi connectivity index (χ3n) is 7.25. The van der Waals surface area contributed by atoms with Crippen LogP contribution in [0.25, 0.3) is 0 Å². The Balaban J connectivity index is 1.56. The van der Waals surface area contributed by atoms with Crippen molar-refractivity contribution in [3.63, 3.8) is 0 Å². The lowest BCUT2D eigenvalue weighted by atomic mass is 9.85. The smallest absolute Gasteiger partial charge is 0.325 e. The number of aryl methyl sites for hydroxylation is 1. The Morgan fingerprint density at radius 3 is 2.48 bits per heavy atom. The number of aliphatic hydroxyl groups is 3. The normalized spacial score (nSPS) is 21.6. The molecule has 11 nitrogen and oxygen atoms in total. The lowest BCUT2D eigenvalue weighted by molar-refractivity contribution is -0.492. The Kier molecular flexibility index (Phi) is 16.6. The second kappa shape index (κ2) is 19.7. The molecule has 0 radical (unpaired) electrons. The van der Waals surface area contributed by atoms with Gasteiger partial charge in [0.2, 0.25) is 5.91 Å². The van der Waals surface area contributed by atoms with E-state index in [0.29, 0.717) is 57.8 Å². The summed E-state index contributed by atoms with van der Waals surface area (Å²) in [5, 5.41) is 50.3. The molecule has 1 aromatic carbocycles. The van der Waals surface area contributed by atoms with Gasteiger partial charge in [0.15, 0.2) is 0 Å². The molecular weight excluding hydrogens is 520 g/mol. The van der Waals surface area contributed by atoms with Gasteiger partial charge >= 0.3 is 5.97 Å². The minimum Gasteiger partial charge on any atom is -0.464 e. The molecule has 2 rings (SSSR count). The van der Waals surface area contributed by atoms with Crippen molar-refractivity contribution < 1.29 is 44.9 Å². The highest BCUT2D eigenvalue weighted by Gasteiger charge is 2.40. The maximum absolute atomic E-state index is 12.0. The number of aliphatic hydroxyl groups excluding tert-OH is 3. The predicted molar refractivity (Wildman–Crippen MR) is 146 cm³/mol. The van der Waals surface area contributed by atoms with E-state index < -0.39 is 24.3 Å². The van der Waals surface area contributed by atoms with Crippen molar-refractivity contribution in [2.75, 3.05) is 19.8 Å². The third kappa shape index (κ3) is 14.3. The number of hydrogen-bond donors (Lipinski definition) is 6. The summed E-state index contributed by atoms with van der Waals surface area (Å²) in [4.78, 5) is 28.0. The fourth-order valence-electron chi connectivity index (χ4n) is 5.01. The monoisotopic (exact) mass is 566 g/mol. The van der Waals surface area contributed by atoms with Crippen LogP contribution in [0.3, 0.4) is 0 Å². The fraction of sp³-hybridized carbons (Fsp3) is 0.655. The van der Waals surface area contributed by atoms with Crippen LogP contribution in [0, 0.1) is 11.8 Å². The van der Waals surface area contributed by atoms with E-state index in [-0.39, 0.29) is 49.3 Å². The van der Waals surface area contributed by atoms with Gasteiger partial charge in [-0.25, -0.2) is 0 Å². The Morgan fingerprint density at radius 1 is 1.00 bits per heavy atom. The van der Waals surface area contributed by atoms with Gasteiger partial charge in [0.25, 0.3) is 0 Å². The van der Waals surface area contributed by atoms with E-state index in [0.717, 1.165) is 6.42 Å². The average Bonchev–Trinajstić information content (AvgIpc) is 3.20. The first-order chi connectivity index (χ1) is 19.3. The Morgan fingerprint density at radius 2 is 1.73 bits per heavy atom. The Labute approximate surface area is 236 Å². The number of nitrogens with zero attached hydrogens (tertiary/aromatic N) is 1. The van der Waals surface area contributed by atoms with Crippen molar-refractivity contribution in [2.24, 2.45) is 11.8 Å². The quantitative estimate of drug-likeness (QED) is 0.0597. The molecule has 1 aliphatic rings. The van der Waals surface area contributed by atoms with Gasteiger partial charge in [0, 0.05) is 6.42 Å². The van der Waals surface area contributed by atoms with Crippen LogP contribution in [-0.2, 0) is 25.6 Å². The highest BCUT2D eigenvalue weighted by Crippen LogP contribution is 2.38. The van der Waals surface area contributed by atoms with Crippen molar-refractivity contribution in [3.8, 4) is 0 Å².